The Kier molecular flexibility index (Phi) is 3.12. The van der Waals surface area contributed by atoms with Crippen LogP contribution in [-0.4, -0.2) is 40.1 Å². The van der Waals surface area contributed by atoms with E-state index in [1.54, 1.807) is 29.2 Å². The molecule has 0 spiro atoms. The van der Waals surface area contributed by atoms with Crippen LogP contribution in [0.5, 0.6) is 0 Å². The van der Waals surface area contributed by atoms with E-state index in [1.165, 1.54) is 0 Å². The number of hydrogen-bond acceptors (Lipinski definition) is 3. The fourth-order valence-corrected chi connectivity index (χ4v) is 3.01. The van der Waals surface area contributed by atoms with Gasteiger partial charge in [-0.15, -0.1) is 0 Å². The molecule has 0 aromatic heterocycles. The number of hydrogen-bond donors (Lipinski definition) is 0. The van der Waals surface area contributed by atoms with E-state index >= 15 is 0 Å². The fourth-order valence-electron chi connectivity index (χ4n) is 3.01. The summed E-state index contributed by atoms with van der Waals surface area (Å²) in [5, 5.41) is 0. The molecule has 1 aromatic rings. The molecule has 0 radical (unpaired) electrons. The lowest BCUT2D eigenvalue weighted by molar-refractivity contribution is -0.135. The van der Waals surface area contributed by atoms with Crippen molar-refractivity contribution in [3.05, 3.63) is 47.7 Å². The number of amides is 3. The maximum atomic E-state index is 12.5. The molecule has 0 saturated carbocycles. The van der Waals surface area contributed by atoms with Crippen molar-refractivity contribution in [1.82, 2.24) is 9.80 Å². The van der Waals surface area contributed by atoms with Crippen molar-refractivity contribution < 1.29 is 14.4 Å². The van der Waals surface area contributed by atoms with Crippen molar-refractivity contribution in [3.8, 4) is 0 Å². The second-order valence-corrected chi connectivity index (χ2v) is 5.23. The van der Waals surface area contributed by atoms with Crippen molar-refractivity contribution in [1.29, 1.82) is 0 Å². The van der Waals surface area contributed by atoms with Gasteiger partial charge in [-0.25, -0.2) is 0 Å². The van der Waals surface area contributed by atoms with Gasteiger partial charge in [0.1, 0.15) is 6.04 Å². The summed E-state index contributed by atoms with van der Waals surface area (Å²) in [5.74, 6) is -0.974. The molecule has 2 aliphatic rings. The number of rotatable bonds is 2. The average Bonchev–Trinajstić information content (AvgIpc) is 2.73. The Hall–Kier alpha value is -2.43. The van der Waals surface area contributed by atoms with Gasteiger partial charge in [0.2, 0.25) is 5.91 Å². The number of benzene rings is 1. The molecule has 0 bridgehead atoms. The third-order valence-electron chi connectivity index (χ3n) is 4.09. The van der Waals surface area contributed by atoms with Crippen LogP contribution in [0.2, 0.25) is 0 Å². The predicted octanol–water partition coefficient (Wildman–Crippen LogP) is 1.81. The minimum Gasteiger partial charge on any atom is -0.315 e. The molecule has 1 aromatic carbocycles. The number of allylic oxidation sites excluding steroid dienone is 1. The highest BCUT2D eigenvalue weighted by molar-refractivity contribution is 6.22. The van der Waals surface area contributed by atoms with Gasteiger partial charge in [0.05, 0.1) is 11.1 Å². The second-order valence-electron chi connectivity index (χ2n) is 5.23. The van der Waals surface area contributed by atoms with Crippen LogP contribution in [0.15, 0.2) is 36.5 Å². The van der Waals surface area contributed by atoms with E-state index in [2.05, 4.69) is 6.58 Å². The van der Waals surface area contributed by atoms with Crippen molar-refractivity contribution in [2.75, 3.05) is 6.54 Å². The molecule has 5 heteroatoms. The highest BCUT2D eigenvalue weighted by Gasteiger charge is 2.45. The van der Waals surface area contributed by atoms with Gasteiger partial charge in [0.25, 0.3) is 11.8 Å². The van der Waals surface area contributed by atoms with Crippen LogP contribution in [0.4, 0.5) is 0 Å². The van der Waals surface area contributed by atoms with E-state index in [-0.39, 0.29) is 17.7 Å². The standard InChI is InChI=1S/C16H16N2O3/c1-3-17-10(2)8-9-13(16(17)21)18-14(19)11-6-4-5-7-12(11)15(18)20/h4-7,13H,2-3,8-9H2,1H3. The summed E-state index contributed by atoms with van der Waals surface area (Å²) in [6.45, 7) is 6.22. The topological polar surface area (TPSA) is 57.7 Å². The van der Waals surface area contributed by atoms with Crippen molar-refractivity contribution in [3.63, 3.8) is 0 Å². The minimum absolute atomic E-state index is 0.219. The highest BCUT2D eigenvalue weighted by Crippen LogP contribution is 2.30. The number of likely N-dealkylation sites (N-methyl/N-ethyl adjacent to an activating group) is 1. The van der Waals surface area contributed by atoms with Crippen LogP contribution in [0, 0.1) is 0 Å². The van der Waals surface area contributed by atoms with Gasteiger partial charge in [-0.1, -0.05) is 18.7 Å². The zero-order valence-corrected chi connectivity index (χ0v) is 11.8. The molecule has 1 saturated heterocycles. The Morgan fingerprint density at radius 3 is 2.24 bits per heavy atom. The van der Waals surface area contributed by atoms with E-state index in [0.717, 1.165) is 10.6 Å². The minimum atomic E-state index is -0.720. The SMILES string of the molecule is C=C1CCC(N2C(=O)c3ccccc3C2=O)C(=O)N1CC. The number of fused-ring (bicyclic) bond motifs is 1. The van der Waals surface area contributed by atoms with Gasteiger partial charge in [-0.3, -0.25) is 19.3 Å². The second kappa shape index (κ2) is 4.84. The summed E-state index contributed by atoms with van der Waals surface area (Å²) >= 11 is 0. The maximum absolute atomic E-state index is 12.5. The molecule has 3 rings (SSSR count). The van der Waals surface area contributed by atoms with Gasteiger partial charge < -0.3 is 4.90 Å². The van der Waals surface area contributed by atoms with Gasteiger partial charge in [-0.05, 0) is 31.9 Å². The number of likely N-dealkylation sites (tertiary alicyclic amines) is 1. The Balaban J connectivity index is 1.96. The first kappa shape index (κ1) is 13.5. The summed E-state index contributed by atoms with van der Waals surface area (Å²) in [6.07, 6.45) is 1.05. The molecule has 0 N–H and O–H groups in total. The van der Waals surface area contributed by atoms with E-state index in [0.29, 0.717) is 30.5 Å². The van der Waals surface area contributed by atoms with Crippen LogP contribution in [0.1, 0.15) is 40.5 Å². The molecule has 5 nitrogen and oxygen atoms in total. The lowest BCUT2D eigenvalue weighted by Gasteiger charge is -2.36. The molecule has 2 aliphatic heterocycles. The molecular formula is C16H16N2O3. The Morgan fingerprint density at radius 1 is 1.14 bits per heavy atom. The lowest BCUT2D eigenvalue weighted by atomic mass is 10.0. The number of piperidine rings is 1. The Bertz CT molecular complexity index is 630. The number of imide groups is 1. The fraction of sp³-hybridized carbons (Fsp3) is 0.312. The average molecular weight is 284 g/mol. The number of carbonyl (C=O) groups is 3. The van der Waals surface area contributed by atoms with Crippen molar-refractivity contribution in [2.24, 2.45) is 0 Å². The van der Waals surface area contributed by atoms with E-state index < -0.39 is 6.04 Å². The monoisotopic (exact) mass is 284 g/mol. The predicted molar refractivity (Wildman–Crippen MR) is 76.5 cm³/mol. The number of nitrogens with zero attached hydrogens (tertiary/aromatic N) is 2. The summed E-state index contributed by atoms with van der Waals surface area (Å²) < 4.78 is 0. The van der Waals surface area contributed by atoms with Gasteiger partial charge in [0, 0.05) is 12.2 Å². The van der Waals surface area contributed by atoms with Gasteiger partial charge in [0.15, 0.2) is 0 Å². The van der Waals surface area contributed by atoms with Crippen LogP contribution in [-0.2, 0) is 4.79 Å². The zero-order chi connectivity index (χ0) is 15.1. The summed E-state index contributed by atoms with van der Waals surface area (Å²) in [7, 11) is 0. The van der Waals surface area contributed by atoms with Crippen LogP contribution >= 0.6 is 0 Å². The van der Waals surface area contributed by atoms with Crippen LogP contribution < -0.4 is 0 Å². The molecule has 0 aliphatic carbocycles. The van der Waals surface area contributed by atoms with Crippen molar-refractivity contribution in [2.45, 2.75) is 25.8 Å². The Labute approximate surface area is 122 Å². The molecule has 1 fully saturated rings. The first-order valence-corrected chi connectivity index (χ1v) is 7.02. The highest BCUT2D eigenvalue weighted by atomic mass is 16.2. The van der Waals surface area contributed by atoms with E-state index in [1.807, 2.05) is 6.92 Å². The third kappa shape index (κ3) is 1.88. The molecular weight excluding hydrogens is 268 g/mol. The smallest absolute Gasteiger partial charge is 0.262 e. The normalized spacial score (nSPS) is 22.0. The molecule has 108 valence electrons. The summed E-state index contributed by atoms with van der Waals surface area (Å²) in [5.41, 5.74) is 1.50. The summed E-state index contributed by atoms with van der Waals surface area (Å²) in [6, 6.07) is 5.97. The van der Waals surface area contributed by atoms with E-state index in [4.69, 9.17) is 0 Å². The molecule has 2 heterocycles. The first-order valence-electron chi connectivity index (χ1n) is 7.02. The number of carbonyl (C=O) groups excluding carboxylic acids is 3. The molecule has 3 amide bonds. The molecule has 1 atom stereocenters. The molecule has 1 unspecified atom stereocenters. The molecule has 21 heavy (non-hydrogen) atoms. The maximum Gasteiger partial charge on any atom is 0.262 e. The largest absolute Gasteiger partial charge is 0.315 e. The quantitative estimate of drug-likeness (QED) is 0.778. The van der Waals surface area contributed by atoms with Gasteiger partial charge in [-0.2, -0.15) is 0 Å². The lowest BCUT2D eigenvalue weighted by Crippen LogP contribution is -2.53. The van der Waals surface area contributed by atoms with Crippen molar-refractivity contribution >= 4 is 17.7 Å². The first-order chi connectivity index (χ1) is 10.1. The van der Waals surface area contributed by atoms with Gasteiger partial charge >= 0.3 is 0 Å². The zero-order valence-electron chi connectivity index (χ0n) is 11.8. The summed E-state index contributed by atoms with van der Waals surface area (Å²) in [4.78, 5) is 40.1. The van der Waals surface area contributed by atoms with Crippen LogP contribution in [0.25, 0.3) is 0 Å². The van der Waals surface area contributed by atoms with Crippen LogP contribution in [0.3, 0.4) is 0 Å². The Morgan fingerprint density at radius 2 is 1.71 bits per heavy atom. The van der Waals surface area contributed by atoms with E-state index in [9.17, 15) is 14.4 Å². The third-order valence-corrected chi connectivity index (χ3v) is 4.09.